The molecule has 3 aliphatic carbocycles. The molecule has 244 valence electrons. The van der Waals surface area contributed by atoms with E-state index in [1.165, 1.54) is 6.07 Å². The number of hydrogen-bond acceptors (Lipinski definition) is 8. The average Bonchev–Trinajstić information content (AvgIpc) is 2.94. The fraction of sp³-hybridized carbons (Fsp3) is 0.474. The summed E-state index contributed by atoms with van der Waals surface area (Å²) in [5.74, 6) is -4.75. The first-order valence-corrected chi connectivity index (χ1v) is 16.0. The molecule has 0 bridgehead atoms. The number of aliphatic hydroxyl groups is 3. The summed E-state index contributed by atoms with van der Waals surface area (Å²) in [4.78, 5) is 53.2. The van der Waals surface area contributed by atoms with Gasteiger partial charge in [0.05, 0.1) is 5.56 Å². The van der Waals surface area contributed by atoms with Crippen molar-refractivity contribution in [1.82, 2.24) is 0 Å². The molecule has 0 radical (unpaired) electrons. The van der Waals surface area contributed by atoms with E-state index in [0.717, 1.165) is 24.5 Å². The number of hydrogen-bond donors (Lipinski definition) is 4. The van der Waals surface area contributed by atoms with E-state index >= 15 is 0 Å². The lowest BCUT2D eigenvalue weighted by Crippen LogP contribution is -2.67. The molecule has 0 amide bonds. The van der Waals surface area contributed by atoms with Crippen molar-refractivity contribution in [2.45, 2.75) is 86.2 Å². The van der Waals surface area contributed by atoms with Crippen molar-refractivity contribution < 1.29 is 39.6 Å². The first-order valence-electron chi connectivity index (χ1n) is 16.0. The maximum absolute atomic E-state index is 14.3. The summed E-state index contributed by atoms with van der Waals surface area (Å²) in [5.41, 5.74) is -3.10. The number of carbonyl (C=O) groups is 4. The smallest absolute Gasteiger partial charge is 0.209 e. The first kappa shape index (κ1) is 33.3. The van der Waals surface area contributed by atoms with Gasteiger partial charge in [0, 0.05) is 35.2 Å². The van der Waals surface area contributed by atoms with E-state index in [9.17, 15) is 39.6 Å². The Hall–Kier alpha value is -4.04. The molecule has 0 aliphatic heterocycles. The maximum Gasteiger partial charge on any atom is 0.209 e. The second-order valence-electron chi connectivity index (χ2n) is 14.8. The van der Waals surface area contributed by atoms with Crippen LogP contribution in [0.25, 0.3) is 11.1 Å². The molecule has 0 heterocycles. The predicted molar refractivity (Wildman–Crippen MR) is 173 cm³/mol. The van der Waals surface area contributed by atoms with Crippen LogP contribution in [0.1, 0.15) is 89.2 Å². The molecule has 0 saturated carbocycles. The lowest BCUT2D eigenvalue weighted by Gasteiger charge is -2.59. The molecule has 0 fully saturated rings. The summed E-state index contributed by atoms with van der Waals surface area (Å²) in [5, 5.41) is 46.4. The third-order valence-corrected chi connectivity index (χ3v) is 10.6. The molecule has 3 aliphatic rings. The summed E-state index contributed by atoms with van der Waals surface area (Å²) in [6, 6.07) is 10.7. The van der Waals surface area contributed by atoms with Gasteiger partial charge in [-0.15, -0.1) is 0 Å². The Morgan fingerprint density at radius 1 is 0.957 bits per heavy atom. The molecule has 2 aromatic rings. The molecule has 2 aromatic carbocycles. The van der Waals surface area contributed by atoms with Crippen molar-refractivity contribution in [3.05, 3.63) is 75.8 Å². The molecule has 46 heavy (non-hydrogen) atoms. The van der Waals surface area contributed by atoms with Crippen LogP contribution in [0.4, 0.5) is 0 Å². The van der Waals surface area contributed by atoms with Gasteiger partial charge >= 0.3 is 0 Å². The van der Waals surface area contributed by atoms with Gasteiger partial charge < -0.3 is 20.4 Å². The minimum atomic E-state index is -2.65. The molecule has 0 aromatic heterocycles. The van der Waals surface area contributed by atoms with Crippen LogP contribution < -0.4 is 0 Å². The van der Waals surface area contributed by atoms with Crippen LogP contribution in [0.5, 0.6) is 5.75 Å². The second kappa shape index (κ2) is 11.3. The van der Waals surface area contributed by atoms with Gasteiger partial charge in [-0.3, -0.25) is 19.2 Å². The zero-order chi connectivity index (χ0) is 34.1. The van der Waals surface area contributed by atoms with Gasteiger partial charge in [0.2, 0.25) is 5.78 Å². The normalized spacial score (nSPS) is 27.6. The van der Waals surface area contributed by atoms with Gasteiger partial charge in [0.15, 0.2) is 17.2 Å². The van der Waals surface area contributed by atoms with Crippen LogP contribution in [0.15, 0.2) is 59.1 Å². The van der Waals surface area contributed by atoms with Crippen molar-refractivity contribution in [1.29, 1.82) is 0 Å². The number of aromatic hydroxyl groups is 1. The zero-order valence-corrected chi connectivity index (χ0v) is 27.7. The number of fused-ring (bicyclic) bond motifs is 3. The molecule has 4 atom stereocenters. The summed E-state index contributed by atoms with van der Waals surface area (Å²) in [7, 11) is 0. The number of phenols is 1. The van der Waals surface area contributed by atoms with Gasteiger partial charge in [-0.25, -0.2) is 0 Å². The van der Waals surface area contributed by atoms with E-state index in [1.54, 1.807) is 33.8 Å². The second-order valence-corrected chi connectivity index (χ2v) is 14.8. The molecule has 0 saturated heterocycles. The number of phenolic OH excluding ortho intramolecular Hbond substituents is 1. The highest BCUT2D eigenvalue weighted by Gasteiger charge is 2.71. The van der Waals surface area contributed by atoms with E-state index < -0.39 is 56.8 Å². The van der Waals surface area contributed by atoms with Crippen LogP contribution in [0.3, 0.4) is 0 Å². The van der Waals surface area contributed by atoms with E-state index in [2.05, 4.69) is 13.8 Å². The van der Waals surface area contributed by atoms with Crippen LogP contribution in [0, 0.1) is 28.6 Å². The molecule has 8 heteroatoms. The van der Waals surface area contributed by atoms with Gasteiger partial charge in [-0.1, -0.05) is 71.9 Å². The number of aliphatic hydroxyl groups excluding tert-OH is 2. The number of ketones is 4. The largest absolute Gasteiger partial charge is 0.511 e. The zero-order valence-electron chi connectivity index (χ0n) is 27.7. The highest BCUT2D eigenvalue weighted by molar-refractivity contribution is 6.25. The average molecular weight is 629 g/mol. The first-order chi connectivity index (χ1) is 21.4. The van der Waals surface area contributed by atoms with Crippen molar-refractivity contribution in [3.8, 4) is 16.9 Å². The topological polar surface area (TPSA) is 149 Å². The Morgan fingerprint density at radius 3 is 2.15 bits per heavy atom. The van der Waals surface area contributed by atoms with Gasteiger partial charge in [-0.2, -0.15) is 0 Å². The van der Waals surface area contributed by atoms with Crippen LogP contribution in [0.2, 0.25) is 0 Å². The minimum absolute atomic E-state index is 0.0227. The standard InChI is InChI=1S/C38H44O8/c1-19(2)8-13-24(40)16-22-9-11-23(12-10-22)25-14-15-27(41)29-26(25)17-36(6)18-37(7)30(20(3)4)32(42)28(21(5)39)34(44)38(37,46)35(45)31(36)33(29)43/h9-12,14-15,19-20,30,41-42,45-46H,8,13,16-18H2,1-7H3/t30?,36-,37-,38+/m1/s1. The van der Waals surface area contributed by atoms with Gasteiger partial charge in [0.1, 0.15) is 28.6 Å². The van der Waals surface area contributed by atoms with E-state index in [-0.39, 0.29) is 41.4 Å². The lowest BCUT2D eigenvalue weighted by atomic mass is 9.44. The monoisotopic (exact) mass is 628 g/mol. The molecule has 5 rings (SSSR count). The van der Waals surface area contributed by atoms with E-state index in [0.29, 0.717) is 29.9 Å². The molecule has 0 spiro atoms. The Kier molecular flexibility index (Phi) is 8.21. The van der Waals surface area contributed by atoms with Crippen molar-refractivity contribution in [2.75, 3.05) is 0 Å². The molecular formula is C38H44O8. The third kappa shape index (κ3) is 4.84. The molecule has 1 unspecified atom stereocenters. The predicted octanol–water partition coefficient (Wildman–Crippen LogP) is 6.56. The van der Waals surface area contributed by atoms with E-state index in [4.69, 9.17) is 0 Å². The van der Waals surface area contributed by atoms with Gasteiger partial charge in [-0.05, 0) is 66.3 Å². The Bertz CT molecular complexity index is 1730. The SMILES string of the molecule is CC(=O)C1=C(O)C(C(C)C)[C@@]2(C)C[C@@]3(C)Cc4c(-c5ccc(CC(=O)CCC(C)C)cc5)ccc(O)c4C(=O)C3=C(O)[C@@]2(O)C1=O. The summed E-state index contributed by atoms with van der Waals surface area (Å²) in [6.45, 7) is 12.3. The number of carbonyl (C=O) groups excluding carboxylic acids is 4. The van der Waals surface area contributed by atoms with Crippen molar-refractivity contribution >= 4 is 23.1 Å². The minimum Gasteiger partial charge on any atom is -0.511 e. The summed E-state index contributed by atoms with van der Waals surface area (Å²) in [6.07, 6.45) is 1.90. The maximum atomic E-state index is 14.3. The third-order valence-electron chi connectivity index (χ3n) is 10.6. The van der Waals surface area contributed by atoms with Crippen LogP contribution in [-0.2, 0) is 27.2 Å². The highest BCUT2D eigenvalue weighted by atomic mass is 16.3. The Labute approximate surface area is 269 Å². The molecule has 8 nitrogen and oxygen atoms in total. The quantitative estimate of drug-likeness (QED) is 0.240. The molecule has 4 N–H and O–H groups in total. The van der Waals surface area contributed by atoms with Crippen LogP contribution in [-0.4, -0.2) is 49.2 Å². The Morgan fingerprint density at radius 2 is 1.59 bits per heavy atom. The van der Waals surface area contributed by atoms with Crippen molar-refractivity contribution in [2.24, 2.45) is 28.6 Å². The number of benzene rings is 2. The highest BCUT2D eigenvalue weighted by Crippen LogP contribution is 2.65. The number of rotatable bonds is 8. The van der Waals surface area contributed by atoms with Crippen molar-refractivity contribution in [3.63, 3.8) is 0 Å². The van der Waals surface area contributed by atoms with Gasteiger partial charge in [0.25, 0.3) is 0 Å². The fourth-order valence-corrected chi connectivity index (χ4v) is 8.57. The molecular weight excluding hydrogens is 584 g/mol. The Balaban J connectivity index is 1.63. The summed E-state index contributed by atoms with van der Waals surface area (Å²) >= 11 is 0. The fourth-order valence-electron chi connectivity index (χ4n) is 8.57. The van der Waals surface area contributed by atoms with Crippen LogP contribution >= 0.6 is 0 Å². The number of allylic oxidation sites excluding steroid dienone is 2. The lowest BCUT2D eigenvalue weighted by molar-refractivity contribution is -0.171. The van der Waals surface area contributed by atoms with E-state index in [1.807, 2.05) is 24.3 Å². The number of Topliss-reactive ketones (excluding diaryl/α,β-unsaturated/α-hetero) is 4. The summed E-state index contributed by atoms with van der Waals surface area (Å²) < 4.78 is 0.